The SMILES string of the molecule is Cc1cc2cc(NC(=O)c3cccc(NS(C)(=O)=O)c3)ccc2[nH]1. The Bertz CT molecular complexity index is 1020. The van der Waals surface area contributed by atoms with Gasteiger partial charge in [-0.3, -0.25) is 9.52 Å². The van der Waals surface area contributed by atoms with Crippen LogP contribution in [0.25, 0.3) is 10.9 Å². The van der Waals surface area contributed by atoms with E-state index in [1.807, 2.05) is 31.2 Å². The van der Waals surface area contributed by atoms with Gasteiger partial charge in [-0.2, -0.15) is 0 Å². The first kappa shape index (κ1) is 16.1. The molecule has 124 valence electrons. The van der Waals surface area contributed by atoms with E-state index in [1.165, 1.54) is 6.07 Å². The Morgan fingerprint density at radius 3 is 2.58 bits per heavy atom. The summed E-state index contributed by atoms with van der Waals surface area (Å²) in [6.45, 7) is 1.97. The molecule has 0 aliphatic carbocycles. The van der Waals surface area contributed by atoms with E-state index in [0.717, 1.165) is 22.9 Å². The van der Waals surface area contributed by atoms with Crippen LogP contribution in [0.2, 0.25) is 0 Å². The number of aryl methyl sites for hydroxylation is 1. The van der Waals surface area contributed by atoms with Crippen molar-refractivity contribution in [3.8, 4) is 0 Å². The lowest BCUT2D eigenvalue weighted by atomic mass is 10.1. The van der Waals surface area contributed by atoms with Crippen molar-refractivity contribution in [1.29, 1.82) is 0 Å². The smallest absolute Gasteiger partial charge is 0.255 e. The van der Waals surface area contributed by atoms with E-state index in [4.69, 9.17) is 0 Å². The minimum absolute atomic E-state index is 0.307. The van der Waals surface area contributed by atoms with Crippen molar-refractivity contribution in [3.63, 3.8) is 0 Å². The van der Waals surface area contributed by atoms with Gasteiger partial charge in [0.15, 0.2) is 0 Å². The molecular formula is C17H17N3O3S. The molecule has 6 nitrogen and oxygen atoms in total. The second-order valence-electron chi connectivity index (χ2n) is 5.66. The molecule has 0 aliphatic rings. The maximum absolute atomic E-state index is 12.4. The number of aromatic amines is 1. The first-order valence-electron chi connectivity index (χ1n) is 7.29. The molecule has 3 aromatic rings. The van der Waals surface area contributed by atoms with Gasteiger partial charge in [-0.15, -0.1) is 0 Å². The van der Waals surface area contributed by atoms with E-state index in [9.17, 15) is 13.2 Å². The maximum Gasteiger partial charge on any atom is 0.255 e. The van der Waals surface area contributed by atoms with Crippen molar-refractivity contribution in [1.82, 2.24) is 4.98 Å². The van der Waals surface area contributed by atoms with Crippen LogP contribution in [0.3, 0.4) is 0 Å². The lowest BCUT2D eigenvalue weighted by molar-refractivity contribution is 0.102. The van der Waals surface area contributed by atoms with E-state index in [2.05, 4.69) is 15.0 Å². The molecule has 0 aliphatic heterocycles. The highest BCUT2D eigenvalue weighted by Gasteiger charge is 2.09. The second-order valence-corrected chi connectivity index (χ2v) is 7.41. The number of benzene rings is 2. The largest absolute Gasteiger partial charge is 0.359 e. The molecule has 1 aromatic heterocycles. The number of aromatic nitrogens is 1. The number of sulfonamides is 1. The second kappa shape index (κ2) is 6.01. The predicted molar refractivity (Wildman–Crippen MR) is 95.9 cm³/mol. The van der Waals surface area contributed by atoms with Crippen molar-refractivity contribution in [2.24, 2.45) is 0 Å². The molecule has 0 spiro atoms. The van der Waals surface area contributed by atoms with Crippen molar-refractivity contribution < 1.29 is 13.2 Å². The van der Waals surface area contributed by atoms with E-state index >= 15 is 0 Å². The molecule has 1 amide bonds. The summed E-state index contributed by atoms with van der Waals surface area (Å²) >= 11 is 0. The molecule has 0 radical (unpaired) electrons. The van der Waals surface area contributed by atoms with Crippen molar-refractivity contribution in [3.05, 3.63) is 59.8 Å². The molecule has 1 heterocycles. The van der Waals surface area contributed by atoms with E-state index in [0.29, 0.717) is 16.9 Å². The fourth-order valence-corrected chi connectivity index (χ4v) is 3.05. The van der Waals surface area contributed by atoms with Gasteiger partial charge in [-0.25, -0.2) is 8.42 Å². The topological polar surface area (TPSA) is 91.1 Å². The summed E-state index contributed by atoms with van der Waals surface area (Å²) in [5.41, 5.74) is 3.45. The number of anilines is 2. The van der Waals surface area contributed by atoms with Crippen LogP contribution < -0.4 is 10.0 Å². The zero-order valence-corrected chi connectivity index (χ0v) is 14.1. The van der Waals surface area contributed by atoms with E-state index in [1.54, 1.807) is 18.2 Å². The van der Waals surface area contributed by atoms with E-state index in [-0.39, 0.29) is 5.91 Å². The van der Waals surface area contributed by atoms with Crippen LogP contribution in [0.4, 0.5) is 11.4 Å². The van der Waals surface area contributed by atoms with Gasteiger partial charge in [0, 0.05) is 33.5 Å². The fraction of sp³-hybridized carbons (Fsp3) is 0.118. The maximum atomic E-state index is 12.4. The average Bonchev–Trinajstić information content (AvgIpc) is 2.85. The summed E-state index contributed by atoms with van der Waals surface area (Å²) in [4.78, 5) is 15.6. The Hall–Kier alpha value is -2.80. The Kier molecular flexibility index (Phi) is 4.02. The monoisotopic (exact) mass is 343 g/mol. The quantitative estimate of drug-likeness (QED) is 0.680. The van der Waals surface area contributed by atoms with Gasteiger partial charge in [0.25, 0.3) is 5.91 Å². The Labute approximate surface area is 139 Å². The van der Waals surface area contributed by atoms with Gasteiger partial charge < -0.3 is 10.3 Å². The lowest BCUT2D eigenvalue weighted by Crippen LogP contribution is -2.13. The molecular weight excluding hydrogens is 326 g/mol. The summed E-state index contributed by atoms with van der Waals surface area (Å²) < 4.78 is 24.9. The van der Waals surface area contributed by atoms with Gasteiger partial charge in [0.2, 0.25) is 10.0 Å². The van der Waals surface area contributed by atoms with Crippen molar-refractivity contribution >= 4 is 38.2 Å². The molecule has 0 atom stereocenters. The number of amides is 1. The zero-order chi connectivity index (χ0) is 17.3. The summed E-state index contributed by atoms with van der Waals surface area (Å²) in [5, 5.41) is 3.83. The average molecular weight is 343 g/mol. The molecule has 0 saturated carbocycles. The number of carbonyl (C=O) groups excluding carboxylic acids is 1. The third kappa shape index (κ3) is 3.75. The Morgan fingerprint density at radius 2 is 1.83 bits per heavy atom. The minimum Gasteiger partial charge on any atom is -0.359 e. The minimum atomic E-state index is -3.39. The van der Waals surface area contributed by atoms with Crippen LogP contribution in [-0.2, 0) is 10.0 Å². The Morgan fingerprint density at radius 1 is 1.04 bits per heavy atom. The van der Waals surface area contributed by atoms with Crippen molar-refractivity contribution in [2.45, 2.75) is 6.92 Å². The molecule has 3 N–H and O–H groups in total. The van der Waals surface area contributed by atoms with Crippen LogP contribution in [0.15, 0.2) is 48.5 Å². The molecule has 0 saturated heterocycles. The summed E-state index contributed by atoms with van der Waals surface area (Å²) in [6, 6.07) is 13.9. The molecule has 3 rings (SSSR count). The molecule has 0 unspecified atom stereocenters. The third-order valence-electron chi connectivity index (χ3n) is 3.44. The van der Waals surface area contributed by atoms with Gasteiger partial charge >= 0.3 is 0 Å². The van der Waals surface area contributed by atoms with Crippen molar-refractivity contribution in [2.75, 3.05) is 16.3 Å². The highest BCUT2D eigenvalue weighted by molar-refractivity contribution is 7.92. The van der Waals surface area contributed by atoms with Gasteiger partial charge in [-0.05, 0) is 49.4 Å². The van der Waals surface area contributed by atoms with Crippen LogP contribution >= 0.6 is 0 Å². The standard InChI is InChI=1S/C17H17N3O3S/c1-11-8-13-10-14(6-7-16(13)18-11)19-17(21)12-4-3-5-15(9-12)20-24(2,22)23/h3-10,18,20H,1-2H3,(H,19,21). The predicted octanol–water partition coefficient (Wildman–Crippen LogP) is 3.10. The number of rotatable bonds is 4. The fourth-order valence-electron chi connectivity index (χ4n) is 2.50. The number of hydrogen-bond donors (Lipinski definition) is 3. The first-order chi connectivity index (χ1) is 11.3. The first-order valence-corrected chi connectivity index (χ1v) is 9.18. The number of H-pyrrole nitrogens is 1. The number of fused-ring (bicyclic) bond motifs is 1. The lowest BCUT2D eigenvalue weighted by Gasteiger charge is -2.08. The normalized spacial score (nSPS) is 11.4. The van der Waals surface area contributed by atoms with Crippen LogP contribution in [0.1, 0.15) is 16.1 Å². The molecule has 2 aromatic carbocycles. The number of hydrogen-bond acceptors (Lipinski definition) is 3. The summed E-state index contributed by atoms with van der Waals surface area (Å²) in [7, 11) is -3.39. The van der Waals surface area contributed by atoms with Crippen LogP contribution in [0, 0.1) is 6.92 Å². The highest BCUT2D eigenvalue weighted by atomic mass is 32.2. The molecule has 24 heavy (non-hydrogen) atoms. The van der Waals surface area contributed by atoms with Gasteiger partial charge in [0.1, 0.15) is 0 Å². The molecule has 7 heteroatoms. The summed E-state index contributed by atoms with van der Waals surface area (Å²) in [6.07, 6.45) is 1.06. The highest BCUT2D eigenvalue weighted by Crippen LogP contribution is 2.21. The molecule has 0 fully saturated rings. The number of nitrogens with one attached hydrogen (secondary N) is 3. The molecule has 0 bridgehead atoms. The number of carbonyl (C=O) groups is 1. The van der Waals surface area contributed by atoms with Crippen LogP contribution in [0.5, 0.6) is 0 Å². The Balaban J connectivity index is 1.81. The van der Waals surface area contributed by atoms with E-state index < -0.39 is 10.0 Å². The van der Waals surface area contributed by atoms with Gasteiger partial charge in [-0.1, -0.05) is 6.07 Å². The van der Waals surface area contributed by atoms with Crippen LogP contribution in [-0.4, -0.2) is 25.6 Å². The van der Waals surface area contributed by atoms with Gasteiger partial charge in [0.05, 0.1) is 6.26 Å². The zero-order valence-electron chi connectivity index (χ0n) is 13.3. The summed E-state index contributed by atoms with van der Waals surface area (Å²) in [5.74, 6) is -0.307. The third-order valence-corrected chi connectivity index (χ3v) is 4.05.